The summed E-state index contributed by atoms with van der Waals surface area (Å²) in [5.74, 6) is -0.598. The van der Waals surface area contributed by atoms with Crippen LogP contribution in [0.4, 0.5) is 20.6 Å². The van der Waals surface area contributed by atoms with Crippen LogP contribution < -0.4 is 10.2 Å². The van der Waals surface area contributed by atoms with Crippen LogP contribution in [0.25, 0.3) is 0 Å². The molecule has 0 aliphatic carbocycles. The summed E-state index contributed by atoms with van der Waals surface area (Å²) in [4.78, 5) is 29.1. The van der Waals surface area contributed by atoms with E-state index >= 15 is 0 Å². The third kappa shape index (κ3) is 5.22. The van der Waals surface area contributed by atoms with Gasteiger partial charge in [-0.2, -0.15) is 0 Å². The van der Waals surface area contributed by atoms with Crippen molar-refractivity contribution in [2.24, 2.45) is 0 Å². The molecule has 3 aromatic rings. The van der Waals surface area contributed by atoms with Crippen LogP contribution in [0.2, 0.25) is 0 Å². The van der Waals surface area contributed by atoms with Gasteiger partial charge < -0.3 is 10.2 Å². The minimum Gasteiger partial charge on any atom is -0.322 e. The standard InChI is InChI=1S/C27H28FN3O2/c1-19(2)21-10-8-20(9-11-21)18-30-16-5-17-31(27(30)33)23-14-12-22(13-15-23)29-26(32)24-6-3-4-7-25(24)28/h3-4,6-15,19H,5,16-18H2,1-2H3,(H,29,32). The summed E-state index contributed by atoms with van der Waals surface area (Å²) in [6.45, 7) is 6.26. The molecule has 3 amide bonds. The highest BCUT2D eigenvalue weighted by Gasteiger charge is 2.26. The molecule has 0 saturated carbocycles. The number of anilines is 2. The topological polar surface area (TPSA) is 52.6 Å². The molecule has 6 heteroatoms. The number of urea groups is 1. The molecule has 33 heavy (non-hydrogen) atoms. The third-order valence-electron chi connectivity index (χ3n) is 5.89. The Hall–Kier alpha value is -3.67. The van der Waals surface area contributed by atoms with Gasteiger partial charge in [-0.25, -0.2) is 9.18 Å². The maximum Gasteiger partial charge on any atom is 0.324 e. The van der Waals surface area contributed by atoms with Crippen LogP contribution in [-0.4, -0.2) is 29.9 Å². The molecule has 1 N–H and O–H groups in total. The van der Waals surface area contributed by atoms with Crippen molar-refractivity contribution in [3.05, 3.63) is 95.3 Å². The van der Waals surface area contributed by atoms with E-state index in [1.54, 1.807) is 41.3 Å². The average molecular weight is 446 g/mol. The minimum atomic E-state index is -0.565. The quantitative estimate of drug-likeness (QED) is 0.503. The molecule has 1 fully saturated rings. The Labute approximate surface area is 193 Å². The smallest absolute Gasteiger partial charge is 0.322 e. The van der Waals surface area contributed by atoms with Gasteiger partial charge in [-0.3, -0.25) is 9.69 Å². The zero-order valence-corrected chi connectivity index (χ0v) is 18.9. The van der Waals surface area contributed by atoms with Crippen LogP contribution in [0.3, 0.4) is 0 Å². The number of nitrogens with one attached hydrogen (secondary N) is 1. The highest BCUT2D eigenvalue weighted by atomic mass is 19.1. The number of halogens is 1. The Bertz CT molecular complexity index is 1130. The molecule has 0 unspecified atom stereocenters. The second kappa shape index (κ2) is 9.86. The summed E-state index contributed by atoms with van der Waals surface area (Å²) in [6, 6.07) is 21.3. The van der Waals surface area contributed by atoms with Crippen LogP contribution in [0.5, 0.6) is 0 Å². The number of nitrogens with zero attached hydrogens (tertiary/aromatic N) is 2. The van der Waals surface area contributed by atoms with E-state index in [1.165, 1.54) is 17.7 Å². The number of carbonyl (C=O) groups is 2. The fourth-order valence-corrected chi connectivity index (χ4v) is 3.96. The van der Waals surface area contributed by atoms with E-state index in [2.05, 4.69) is 43.4 Å². The number of rotatable bonds is 6. The van der Waals surface area contributed by atoms with Crippen molar-refractivity contribution in [1.82, 2.24) is 4.90 Å². The van der Waals surface area contributed by atoms with Gasteiger partial charge in [0.05, 0.1) is 5.56 Å². The first-order valence-electron chi connectivity index (χ1n) is 11.2. The number of amides is 3. The zero-order chi connectivity index (χ0) is 23.4. The Morgan fingerprint density at radius 3 is 2.33 bits per heavy atom. The Kier molecular flexibility index (Phi) is 6.73. The van der Waals surface area contributed by atoms with E-state index in [9.17, 15) is 14.0 Å². The fraction of sp³-hybridized carbons (Fsp3) is 0.259. The van der Waals surface area contributed by atoms with E-state index in [1.807, 2.05) is 4.90 Å². The third-order valence-corrected chi connectivity index (χ3v) is 5.89. The van der Waals surface area contributed by atoms with E-state index in [-0.39, 0.29) is 11.6 Å². The van der Waals surface area contributed by atoms with Crippen LogP contribution >= 0.6 is 0 Å². The normalized spacial score (nSPS) is 14.0. The Balaban J connectivity index is 1.41. The number of hydrogen-bond acceptors (Lipinski definition) is 2. The molecule has 3 aromatic carbocycles. The predicted molar refractivity (Wildman–Crippen MR) is 129 cm³/mol. The zero-order valence-electron chi connectivity index (χ0n) is 18.9. The highest BCUT2D eigenvalue weighted by Crippen LogP contribution is 2.24. The molecule has 1 saturated heterocycles. The van der Waals surface area contributed by atoms with E-state index in [0.29, 0.717) is 24.7 Å². The molecule has 0 radical (unpaired) electrons. The first kappa shape index (κ1) is 22.5. The fourth-order valence-electron chi connectivity index (χ4n) is 3.96. The summed E-state index contributed by atoms with van der Waals surface area (Å²) in [5.41, 5.74) is 3.69. The van der Waals surface area contributed by atoms with Gasteiger partial charge in [0.25, 0.3) is 5.91 Å². The summed E-state index contributed by atoms with van der Waals surface area (Å²) in [5, 5.41) is 2.70. The van der Waals surface area contributed by atoms with Crippen LogP contribution in [-0.2, 0) is 6.54 Å². The van der Waals surface area contributed by atoms with Crippen LogP contribution in [0, 0.1) is 5.82 Å². The van der Waals surface area contributed by atoms with Gasteiger partial charge in [0.15, 0.2) is 0 Å². The lowest BCUT2D eigenvalue weighted by Crippen LogP contribution is -2.49. The molecule has 1 aliphatic rings. The lowest BCUT2D eigenvalue weighted by Gasteiger charge is -2.35. The first-order chi connectivity index (χ1) is 15.9. The highest BCUT2D eigenvalue weighted by molar-refractivity contribution is 6.04. The second-order valence-electron chi connectivity index (χ2n) is 8.59. The minimum absolute atomic E-state index is 0.00939. The molecule has 0 bridgehead atoms. The van der Waals surface area contributed by atoms with Gasteiger partial charge in [0, 0.05) is 31.0 Å². The van der Waals surface area contributed by atoms with Crippen molar-refractivity contribution in [2.75, 3.05) is 23.3 Å². The second-order valence-corrected chi connectivity index (χ2v) is 8.59. The first-order valence-corrected chi connectivity index (χ1v) is 11.2. The number of hydrogen-bond donors (Lipinski definition) is 1. The number of benzene rings is 3. The summed E-state index contributed by atoms with van der Waals surface area (Å²) >= 11 is 0. The van der Waals surface area contributed by atoms with E-state index in [0.717, 1.165) is 24.2 Å². The summed E-state index contributed by atoms with van der Waals surface area (Å²) < 4.78 is 13.8. The van der Waals surface area contributed by atoms with Crippen molar-refractivity contribution < 1.29 is 14.0 Å². The van der Waals surface area contributed by atoms with Crippen LogP contribution in [0.15, 0.2) is 72.8 Å². The summed E-state index contributed by atoms with van der Waals surface area (Å²) in [6.07, 6.45) is 0.877. The van der Waals surface area contributed by atoms with Gasteiger partial charge in [-0.1, -0.05) is 50.2 Å². The lowest BCUT2D eigenvalue weighted by atomic mass is 10.0. The van der Waals surface area contributed by atoms with Gasteiger partial charge in [0.2, 0.25) is 0 Å². The molecular formula is C27H28FN3O2. The molecule has 1 heterocycles. The van der Waals surface area contributed by atoms with Crippen molar-refractivity contribution in [3.8, 4) is 0 Å². The van der Waals surface area contributed by atoms with Crippen molar-refractivity contribution in [2.45, 2.75) is 32.7 Å². The van der Waals surface area contributed by atoms with Gasteiger partial charge in [-0.05, 0) is 59.9 Å². The predicted octanol–water partition coefficient (Wildman–Crippen LogP) is 6.03. The van der Waals surface area contributed by atoms with Gasteiger partial charge >= 0.3 is 6.03 Å². The molecule has 0 spiro atoms. The average Bonchev–Trinajstić information content (AvgIpc) is 2.82. The SMILES string of the molecule is CC(C)c1ccc(CN2CCCN(c3ccc(NC(=O)c4ccccc4F)cc3)C2=O)cc1. The molecule has 4 rings (SSSR count). The van der Waals surface area contributed by atoms with Crippen molar-refractivity contribution in [3.63, 3.8) is 0 Å². The molecule has 0 aromatic heterocycles. The monoisotopic (exact) mass is 445 g/mol. The maximum atomic E-state index is 13.8. The summed E-state index contributed by atoms with van der Waals surface area (Å²) in [7, 11) is 0. The Morgan fingerprint density at radius 2 is 1.67 bits per heavy atom. The van der Waals surface area contributed by atoms with Crippen molar-refractivity contribution in [1.29, 1.82) is 0 Å². The number of carbonyl (C=O) groups excluding carboxylic acids is 2. The van der Waals surface area contributed by atoms with E-state index in [4.69, 9.17) is 0 Å². The largest absolute Gasteiger partial charge is 0.324 e. The molecular weight excluding hydrogens is 417 g/mol. The Morgan fingerprint density at radius 1 is 0.970 bits per heavy atom. The van der Waals surface area contributed by atoms with Gasteiger partial charge in [-0.15, -0.1) is 0 Å². The van der Waals surface area contributed by atoms with Crippen LogP contribution in [0.1, 0.15) is 47.7 Å². The molecule has 170 valence electrons. The maximum absolute atomic E-state index is 13.8. The molecule has 0 atom stereocenters. The van der Waals surface area contributed by atoms with Crippen molar-refractivity contribution >= 4 is 23.3 Å². The lowest BCUT2D eigenvalue weighted by molar-refractivity contribution is 0.102. The molecule has 5 nitrogen and oxygen atoms in total. The van der Waals surface area contributed by atoms with Gasteiger partial charge in [0.1, 0.15) is 5.82 Å². The van der Waals surface area contributed by atoms with E-state index < -0.39 is 11.7 Å². The molecule has 1 aliphatic heterocycles.